The fraction of sp³-hybridized carbons (Fsp3) is 0.875. The lowest BCUT2D eigenvalue weighted by Gasteiger charge is -2.17. The van der Waals surface area contributed by atoms with Crippen molar-refractivity contribution in [1.82, 2.24) is 0 Å². The van der Waals surface area contributed by atoms with Gasteiger partial charge in [-0.3, -0.25) is 4.79 Å². The lowest BCUT2D eigenvalue weighted by molar-refractivity contribution is -0.141. The number of carbonyl (C=O) groups excluding carboxylic acids is 1. The fourth-order valence-corrected chi connectivity index (χ4v) is 2.54. The molecule has 1 saturated carbocycles. The van der Waals surface area contributed by atoms with Crippen molar-refractivity contribution in [3.8, 4) is 0 Å². The topological polar surface area (TPSA) is 55.8 Å². The second kappa shape index (κ2) is 3.52. The molecule has 13 heavy (non-hydrogen) atoms. The normalized spacial score (nSPS) is 43.4. The van der Waals surface area contributed by atoms with Crippen molar-refractivity contribution in [2.45, 2.75) is 25.0 Å². The summed E-state index contributed by atoms with van der Waals surface area (Å²) in [4.78, 5) is 11.0. The van der Waals surface area contributed by atoms with E-state index in [9.17, 15) is 9.90 Å². The van der Waals surface area contributed by atoms with Crippen molar-refractivity contribution in [2.24, 2.45) is 11.8 Å². The van der Waals surface area contributed by atoms with Crippen LogP contribution in [0.25, 0.3) is 0 Å². The van der Waals surface area contributed by atoms with E-state index in [1.165, 1.54) is 0 Å². The summed E-state index contributed by atoms with van der Waals surface area (Å²) in [5, 5.41) is 9.63. The highest BCUT2D eigenvalue weighted by Gasteiger charge is 2.49. The number of rotatable bonds is 2. The number of fused-ring (bicyclic) bond motifs is 1. The molecule has 1 heterocycles. The Bertz CT molecular complexity index is 220. The Kier molecular flexibility index (Phi) is 2.54. The van der Waals surface area contributed by atoms with Crippen LogP contribution in [0.4, 0.5) is 0 Å². The van der Waals surface area contributed by atoms with Crippen molar-refractivity contribution in [1.29, 1.82) is 0 Å². The zero-order chi connectivity index (χ0) is 9.42. The summed E-state index contributed by atoms with van der Waals surface area (Å²) in [6, 6.07) is 0. The molecule has 1 saturated heterocycles. The van der Waals surface area contributed by atoms with Crippen LogP contribution >= 0.6 is 9.47 Å². The molecule has 4 nitrogen and oxygen atoms in total. The first kappa shape index (κ1) is 9.38. The summed E-state index contributed by atoms with van der Waals surface area (Å²) in [6.45, 7) is 0.476. The van der Waals surface area contributed by atoms with E-state index in [4.69, 9.17) is 9.26 Å². The number of aliphatic hydroxyl groups is 1. The van der Waals surface area contributed by atoms with E-state index in [0.717, 1.165) is 0 Å². The molecule has 5 atom stereocenters. The SMILES string of the molecule is O=C1C[C@@H]2[C@@H](COP)[C@H](O)C[C@@H]2O1. The Morgan fingerprint density at radius 2 is 2.46 bits per heavy atom. The third-order valence-corrected chi connectivity index (χ3v) is 3.16. The molecular formula is C8H13O4P. The van der Waals surface area contributed by atoms with Gasteiger partial charge >= 0.3 is 5.97 Å². The number of hydrogen-bond acceptors (Lipinski definition) is 4. The van der Waals surface area contributed by atoms with Crippen molar-refractivity contribution in [3.05, 3.63) is 0 Å². The van der Waals surface area contributed by atoms with Crippen LogP contribution in [0.5, 0.6) is 0 Å². The minimum Gasteiger partial charge on any atom is -0.462 e. The molecule has 1 aliphatic carbocycles. The average molecular weight is 204 g/mol. The molecule has 1 N–H and O–H groups in total. The molecule has 74 valence electrons. The van der Waals surface area contributed by atoms with E-state index in [1.807, 2.05) is 0 Å². The smallest absolute Gasteiger partial charge is 0.306 e. The fourth-order valence-electron chi connectivity index (χ4n) is 2.32. The van der Waals surface area contributed by atoms with Gasteiger partial charge in [-0.05, 0) is 0 Å². The maximum absolute atomic E-state index is 11.0. The molecule has 2 aliphatic rings. The van der Waals surface area contributed by atoms with Crippen molar-refractivity contribution >= 4 is 15.4 Å². The van der Waals surface area contributed by atoms with Gasteiger partial charge in [-0.2, -0.15) is 0 Å². The van der Waals surface area contributed by atoms with Gasteiger partial charge in [-0.25, -0.2) is 0 Å². The highest BCUT2D eigenvalue weighted by atomic mass is 31.0. The highest BCUT2D eigenvalue weighted by molar-refractivity contribution is 7.09. The van der Waals surface area contributed by atoms with E-state index in [0.29, 0.717) is 19.4 Å². The van der Waals surface area contributed by atoms with Crippen LogP contribution in [0.1, 0.15) is 12.8 Å². The van der Waals surface area contributed by atoms with E-state index < -0.39 is 0 Å². The van der Waals surface area contributed by atoms with Crippen LogP contribution < -0.4 is 0 Å². The molecular weight excluding hydrogens is 191 g/mol. The molecule has 0 aromatic carbocycles. The minimum atomic E-state index is -0.386. The molecule has 0 aromatic rings. The van der Waals surface area contributed by atoms with Gasteiger partial charge in [0.1, 0.15) is 6.10 Å². The Labute approximate surface area is 78.9 Å². The zero-order valence-corrected chi connectivity index (χ0v) is 8.33. The van der Waals surface area contributed by atoms with Crippen molar-refractivity contribution in [3.63, 3.8) is 0 Å². The molecule has 5 heteroatoms. The minimum absolute atomic E-state index is 0.0500. The van der Waals surface area contributed by atoms with Crippen LogP contribution in [-0.4, -0.2) is 29.9 Å². The van der Waals surface area contributed by atoms with Crippen LogP contribution in [0.15, 0.2) is 0 Å². The predicted octanol–water partition coefficient (Wildman–Crippen LogP) is 0.106. The molecule has 0 radical (unpaired) electrons. The molecule has 1 unspecified atom stereocenters. The molecule has 0 aromatic heterocycles. The number of esters is 1. The summed E-state index contributed by atoms with van der Waals surface area (Å²) < 4.78 is 10.0. The van der Waals surface area contributed by atoms with Gasteiger partial charge in [0.05, 0.1) is 19.1 Å². The highest BCUT2D eigenvalue weighted by Crippen LogP contribution is 2.41. The Balaban J connectivity index is 2.05. The largest absolute Gasteiger partial charge is 0.462 e. The Morgan fingerprint density at radius 3 is 3.15 bits per heavy atom. The predicted molar refractivity (Wildman–Crippen MR) is 47.8 cm³/mol. The summed E-state index contributed by atoms with van der Waals surface area (Å²) >= 11 is 0. The molecule has 0 bridgehead atoms. The lowest BCUT2D eigenvalue weighted by Crippen LogP contribution is -2.23. The van der Waals surface area contributed by atoms with E-state index in [2.05, 4.69) is 9.47 Å². The standard InChI is InChI=1S/C8H13O4P/c9-6-2-7-4(1-8(10)12-7)5(6)3-11-13/h4-7,9H,1-3,13H2/t4-,5-,6-,7+/m1/s1. The molecule has 0 amide bonds. The Hall–Kier alpha value is -0.180. The van der Waals surface area contributed by atoms with E-state index in [-0.39, 0.29) is 30.0 Å². The van der Waals surface area contributed by atoms with Gasteiger partial charge < -0.3 is 14.4 Å². The van der Waals surface area contributed by atoms with Crippen LogP contribution in [0, 0.1) is 11.8 Å². The number of ether oxygens (including phenoxy) is 1. The van der Waals surface area contributed by atoms with Crippen LogP contribution in [-0.2, 0) is 14.1 Å². The van der Waals surface area contributed by atoms with Gasteiger partial charge in [0.2, 0.25) is 0 Å². The van der Waals surface area contributed by atoms with E-state index in [1.54, 1.807) is 0 Å². The Morgan fingerprint density at radius 1 is 1.69 bits per heavy atom. The molecule has 2 rings (SSSR count). The first-order valence-electron chi connectivity index (χ1n) is 4.41. The summed E-state index contributed by atoms with van der Waals surface area (Å²) in [5.74, 6) is 0.0626. The number of hydrogen-bond donors (Lipinski definition) is 1. The van der Waals surface area contributed by atoms with Crippen LogP contribution in [0.2, 0.25) is 0 Å². The second-order valence-electron chi connectivity index (χ2n) is 3.70. The first-order valence-corrected chi connectivity index (χ1v) is 4.88. The number of carbonyl (C=O) groups is 1. The summed E-state index contributed by atoms with van der Waals surface area (Å²) in [6.07, 6.45) is 0.534. The second-order valence-corrected chi connectivity index (χ2v) is 4.03. The lowest BCUT2D eigenvalue weighted by atomic mass is 9.93. The van der Waals surface area contributed by atoms with Gasteiger partial charge in [-0.1, -0.05) is 0 Å². The number of aliphatic hydroxyl groups excluding tert-OH is 1. The van der Waals surface area contributed by atoms with E-state index >= 15 is 0 Å². The molecule has 0 spiro atoms. The van der Waals surface area contributed by atoms with Gasteiger partial charge in [-0.15, -0.1) is 0 Å². The van der Waals surface area contributed by atoms with Gasteiger partial charge in [0.15, 0.2) is 0 Å². The van der Waals surface area contributed by atoms with Crippen molar-refractivity contribution < 1.29 is 19.2 Å². The summed E-state index contributed by atoms with van der Waals surface area (Å²) in [7, 11) is 2.17. The van der Waals surface area contributed by atoms with Crippen LogP contribution in [0.3, 0.4) is 0 Å². The first-order chi connectivity index (χ1) is 6.22. The quantitative estimate of drug-likeness (QED) is 0.512. The monoisotopic (exact) mass is 204 g/mol. The zero-order valence-electron chi connectivity index (χ0n) is 7.18. The maximum Gasteiger partial charge on any atom is 0.306 e. The third-order valence-electron chi connectivity index (χ3n) is 2.97. The van der Waals surface area contributed by atoms with Gasteiger partial charge in [0, 0.05) is 27.7 Å². The van der Waals surface area contributed by atoms with Crippen molar-refractivity contribution in [2.75, 3.05) is 6.61 Å². The molecule has 1 aliphatic heterocycles. The summed E-state index contributed by atoms with van der Waals surface area (Å²) in [5.41, 5.74) is 0. The molecule has 2 fully saturated rings. The average Bonchev–Trinajstić information content (AvgIpc) is 2.52. The maximum atomic E-state index is 11.0. The third kappa shape index (κ3) is 1.58. The van der Waals surface area contributed by atoms with Gasteiger partial charge in [0.25, 0.3) is 0 Å².